The number of nitriles is 1. The summed E-state index contributed by atoms with van der Waals surface area (Å²) in [7, 11) is 1.54. The summed E-state index contributed by atoms with van der Waals surface area (Å²) < 4.78 is 5.09. The van der Waals surface area contributed by atoms with E-state index < -0.39 is 11.9 Å². The van der Waals surface area contributed by atoms with Crippen molar-refractivity contribution in [3.63, 3.8) is 0 Å². The summed E-state index contributed by atoms with van der Waals surface area (Å²) >= 11 is 0. The number of hydrogen-bond acceptors (Lipinski definition) is 5. The average molecular weight is 337 g/mol. The van der Waals surface area contributed by atoms with Crippen LogP contribution in [0.4, 0.5) is 11.4 Å². The van der Waals surface area contributed by atoms with Crippen molar-refractivity contribution in [2.45, 2.75) is 0 Å². The van der Waals surface area contributed by atoms with Gasteiger partial charge in [-0.25, -0.2) is 4.79 Å². The molecule has 0 saturated carbocycles. The third-order valence-corrected chi connectivity index (χ3v) is 3.19. The number of rotatable bonds is 6. The molecule has 0 aromatic heterocycles. The van der Waals surface area contributed by atoms with Crippen LogP contribution in [-0.4, -0.2) is 24.1 Å². The van der Waals surface area contributed by atoms with Crippen LogP contribution in [0.3, 0.4) is 0 Å². The third kappa shape index (κ3) is 4.84. The van der Waals surface area contributed by atoms with Crippen LogP contribution < -0.4 is 15.4 Å². The minimum Gasteiger partial charge on any atom is -0.497 e. The Morgan fingerprint density at radius 1 is 1.16 bits per heavy atom. The molecule has 0 atom stereocenters. The minimum atomic E-state index is -1.10. The van der Waals surface area contributed by atoms with Crippen molar-refractivity contribution >= 4 is 23.3 Å². The molecule has 0 unspecified atom stereocenters. The normalized spacial score (nSPS) is 10.5. The quantitative estimate of drug-likeness (QED) is 0.552. The minimum absolute atomic E-state index is 0.0368. The molecule has 2 aromatic rings. The topological polar surface area (TPSA) is 111 Å². The van der Waals surface area contributed by atoms with Crippen molar-refractivity contribution in [2.75, 3.05) is 17.7 Å². The number of anilines is 2. The Hall–Kier alpha value is -3.79. The highest BCUT2D eigenvalue weighted by molar-refractivity contribution is 6.07. The van der Waals surface area contributed by atoms with E-state index in [9.17, 15) is 9.59 Å². The molecule has 2 aromatic carbocycles. The van der Waals surface area contributed by atoms with Crippen LogP contribution in [0.5, 0.6) is 5.75 Å². The van der Waals surface area contributed by atoms with Gasteiger partial charge in [-0.1, -0.05) is 12.1 Å². The maximum absolute atomic E-state index is 12.2. The highest BCUT2D eigenvalue weighted by Gasteiger charge is 2.11. The van der Waals surface area contributed by atoms with Crippen molar-refractivity contribution in [1.29, 1.82) is 5.26 Å². The molecule has 0 aliphatic heterocycles. The fourth-order valence-electron chi connectivity index (χ4n) is 1.95. The SMILES string of the molecule is COc1cccc(N/C=C(/C#N)C(=O)Nc2cccc(C(=O)O)c2)c1. The smallest absolute Gasteiger partial charge is 0.335 e. The van der Waals surface area contributed by atoms with Gasteiger partial charge in [-0.05, 0) is 30.3 Å². The van der Waals surface area contributed by atoms with Crippen molar-refractivity contribution in [1.82, 2.24) is 0 Å². The number of aromatic carboxylic acids is 1. The van der Waals surface area contributed by atoms with Gasteiger partial charge >= 0.3 is 5.97 Å². The van der Waals surface area contributed by atoms with Gasteiger partial charge in [-0.2, -0.15) is 5.26 Å². The van der Waals surface area contributed by atoms with Gasteiger partial charge < -0.3 is 20.5 Å². The highest BCUT2D eigenvalue weighted by Crippen LogP contribution is 2.17. The Bertz CT molecular complexity index is 869. The predicted molar refractivity (Wildman–Crippen MR) is 92.3 cm³/mol. The van der Waals surface area contributed by atoms with Crippen LogP contribution >= 0.6 is 0 Å². The zero-order chi connectivity index (χ0) is 18.2. The summed E-state index contributed by atoms with van der Waals surface area (Å²) in [5.41, 5.74) is 0.804. The second kappa shape index (κ2) is 8.17. The lowest BCUT2D eigenvalue weighted by molar-refractivity contribution is -0.112. The second-order valence-corrected chi connectivity index (χ2v) is 4.89. The number of methoxy groups -OCH3 is 1. The van der Waals surface area contributed by atoms with E-state index in [0.717, 1.165) is 0 Å². The van der Waals surface area contributed by atoms with Crippen LogP contribution in [-0.2, 0) is 4.79 Å². The van der Waals surface area contributed by atoms with Crippen molar-refractivity contribution < 1.29 is 19.4 Å². The predicted octanol–water partition coefficient (Wildman–Crippen LogP) is 2.85. The molecule has 0 fully saturated rings. The van der Waals surface area contributed by atoms with E-state index in [1.807, 2.05) is 0 Å². The zero-order valence-electron chi connectivity index (χ0n) is 13.3. The van der Waals surface area contributed by atoms with Crippen LogP contribution in [0.15, 0.2) is 60.3 Å². The summed E-state index contributed by atoms with van der Waals surface area (Å²) in [5, 5.41) is 23.4. The standard InChI is InChI=1S/C18H15N3O4/c1-25-16-7-3-5-14(9-16)20-11-13(10-19)17(22)21-15-6-2-4-12(8-15)18(23)24/h2-9,11,20H,1H3,(H,21,22)(H,23,24)/b13-11-. The molecule has 7 heteroatoms. The molecule has 0 aliphatic rings. The number of carboxylic acid groups (broad SMARTS) is 1. The van der Waals surface area contributed by atoms with Crippen molar-refractivity contribution in [3.05, 3.63) is 65.9 Å². The summed E-state index contributed by atoms with van der Waals surface area (Å²) in [6.07, 6.45) is 1.27. The molecule has 25 heavy (non-hydrogen) atoms. The van der Waals surface area contributed by atoms with Gasteiger partial charge in [0, 0.05) is 23.6 Å². The van der Waals surface area contributed by atoms with E-state index in [0.29, 0.717) is 11.4 Å². The number of nitrogens with one attached hydrogen (secondary N) is 2. The Kier molecular flexibility index (Phi) is 5.74. The third-order valence-electron chi connectivity index (χ3n) is 3.19. The number of ether oxygens (including phenoxy) is 1. The summed E-state index contributed by atoms with van der Waals surface area (Å²) in [4.78, 5) is 23.1. The van der Waals surface area contributed by atoms with Gasteiger partial charge in [0.2, 0.25) is 0 Å². The Morgan fingerprint density at radius 2 is 1.88 bits per heavy atom. The number of carbonyl (C=O) groups is 2. The fourth-order valence-corrected chi connectivity index (χ4v) is 1.95. The first kappa shape index (κ1) is 17.6. The number of amides is 1. The average Bonchev–Trinajstić information content (AvgIpc) is 2.62. The lowest BCUT2D eigenvalue weighted by atomic mass is 10.2. The number of carboxylic acids is 1. The Morgan fingerprint density at radius 3 is 2.56 bits per heavy atom. The molecule has 7 nitrogen and oxygen atoms in total. The number of carbonyl (C=O) groups excluding carboxylic acids is 1. The van der Waals surface area contributed by atoms with Crippen molar-refractivity contribution in [2.24, 2.45) is 0 Å². The molecule has 2 rings (SSSR count). The van der Waals surface area contributed by atoms with E-state index in [-0.39, 0.29) is 16.8 Å². The molecule has 0 heterocycles. The largest absolute Gasteiger partial charge is 0.497 e. The highest BCUT2D eigenvalue weighted by atomic mass is 16.5. The van der Waals surface area contributed by atoms with Crippen molar-refractivity contribution in [3.8, 4) is 11.8 Å². The second-order valence-electron chi connectivity index (χ2n) is 4.89. The summed E-state index contributed by atoms with van der Waals surface area (Å²) in [6, 6.07) is 14.5. The first-order valence-electron chi connectivity index (χ1n) is 7.19. The molecule has 0 aliphatic carbocycles. The van der Waals surface area contributed by atoms with Gasteiger partial charge in [0.1, 0.15) is 17.4 Å². The fraction of sp³-hybridized carbons (Fsp3) is 0.0556. The van der Waals surface area contributed by atoms with Crippen LogP contribution in [0.1, 0.15) is 10.4 Å². The Labute approximate surface area is 144 Å². The molecule has 0 saturated heterocycles. The van der Waals surface area contributed by atoms with Crippen LogP contribution in [0, 0.1) is 11.3 Å². The molecule has 0 radical (unpaired) electrons. The molecule has 126 valence electrons. The lowest BCUT2D eigenvalue weighted by Crippen LogP contribution is -2.15. The summed E-state index contributed by atoms with van der Waals surface area (Å²) in [6.45, 7) is 0. The molecule has 1 amide bonds. The lowest BCUT2D eigenvalue weighted by Gasteiger charge is -2.07. The van der Waals surface area contributed by atoms with E-state index in [4.69, 9.17) is 15.1 Å². The van der Waals surface area contributed by atoms with Gasteiger partial charge in [0.25, 0.3) is 5.91 Å². The van der Waals surface area contributed by atoms with Crippen LogP contribution in [0.2, 0.25) is 0 Å². The maximum Gasteiger partial charge on any atom is 0.335 e. The number of benzene rings is 2. The maximum atomic E-state index is 12.2. The van der Waals surface area contributed by atoms with E-state index in [1.54, 1.807) is 30.3 Å². The van der Waals surface area contributed by atoms with Gasteiger partial charge in [0.05, 0.1) is 12.7 Å². The number of hydrogen-bond donors (Lipinski definition) is 3. The van der Waals surface area contributed by atoms with Gasteiger partial charge in [-0.3, -0.25) is 4.79 Å². The Balaban J connectivity index is 2.11. The summed E-state index contributed by atoms with van der Waals surface area (Å²) in [5.74, 6) is -1.13. The molecule has 0 spiro atoms. The van der Waals surface area contributed by atoms with Crippen LogP contribution in [0.25, 0.3) is 0 Å². The first-order chi connectivity index (χ1) is 12.0. The van der Waals surface area contributed by atoms with Gasteiger partial charge in [-0.15, -0.1) is 0 Å². The molecular formula is C18H15N3O4. The van der Waals surface area contributed by atoms with Gasteiger partial charge in [0.15, 0.2) is 0 Å². The molecule has 3 N–H and O–H groups in total. The van der Waals surface area contributed by atoms with E-state index in [1.165, 1.54) is 37.6 Å². The zero-order valence-corrected chi connectivity index (χ0v) is 13.3. The monoisotopic (exact) mass is 337 g/mol. The first-order valence-corrected chi connectivity index (χ1v) is 7.19. The number of nitrogens with zero attached hydrogens (tertiary/aromatic N) is 1. The van der Waals surface area contributed by atoms with E-state index in [2.05, 4.69) is 10.6 Å². The molecule has 0 bridgehead atoms. The van der Waals surface area contributed by atoms with E-state index >= 15 is 0 Å². The molecular weight excluding hydrogens is 322 g/mol.